The lowest BCUT2D eigenvalue weighted by molar-refractivity contribution is 0.0765. The zero-order valence-electron chi connectivity index (χ0n) is 14.5. The smallest absolute Gasteiger partial charge is 0.139 e. The van der Waals surface area contributed by atoms with E-state index >= 15 is 0 Å². The summed E-state index contributed by atoms with van der Waals surface area (Å²) < 4.78 is 9.07. The predicted molar refractivity (Wildman–Crippen MR) is 106 cm³/mol. The van der Waals surface area contributed by atoms with Crippen molar-refractivity contribution in [3.63, 3.8) is 0 Å². The fourth-order valence-electron chi connectivity index (χ4n) is 2.62. The van der Waals surface area contributed by atoms with Crippen LogP contribution >= 0.6 is 27.5 Å². The number of rotatable bonds is 7. The zero-order valence-corrected chi connectivity index (χ0v) is 17.8. The van der Waals surface area contributed by atoms with Gasteiger partial charge in [-0.3, -0.25) is 0 Å². The summed E-state index contributed by atoms with van der Waals surface area (Å²) in [5.41, 5.74) is 3.32. The number of ether oxygens (including phenoxy) is 1. The molecule has 0 bridgehead atoms. The van der Waals surface area contributed by atoms with Crippen LogP contribution in [0.1, 0.15) is 24.5 Å². The average Bonchev–Trinajstić information content (AvgIpc) is 3.28. The first kappa shape index (κ1) is 18.2. The summed E-state index contributed by atoms with van der Waals surface area (Å²) in [7, 11) is -1.06. The Balaban J connectivity index is 1.78. The monoisotopic (exact) mass is 426 g/mol. The van der Waals surface area contributed by atoms with Gasteiger partial charge in [0.2, 0.25) is 0 Å². The van der Waals surface area contributed by atoms with E-state index in [0.29, 0.717) is 12.6 Å². The Bertz CT molecular complexity index is 705. The summed E-state index contributed by atoms with van der Waals surface area (Å²) in [6, 6.07) is 9.02. The van der Waals surface area contributed by atoms with Gasteiger partial charge in [-0.1, -0.05) is 43.4 Å². The highest BCUT2D eigenvalue weighted by Crippen LogP contribution is 2.46. The minimum atomic E-state index is -1.06. The molecule has 0 atom stereocenters. The number of nitrogens with zero attached hydrogens (tertiary/aromatic N) is 2. The maximum Gasteiger partial charge on any atom is 0.139 e. The van der Waals surface area contributed by atoms with E-state index in [-0.39, 0.29) is 0 Å². The summed E-state index contributed by atoms with van der Waals surface area (Å²) in [6.45, 7) is 8.45. The van der Waals surface area contributed by atoms with Gasteiger partial charge in [0.15, 0.2) is 0 Å². The lowest BCUT2D eigenvalue weighted by atomic mass is 10.1. The quantitative estimate of drug-likeness (QED) is 0.391. The molecule has 130 valence electrons. The van der Waals surface area contributed by atoms with E-state index in [1.165, 1.54) is 24.6 Å². The summed E-state index contributed by atoms with van der Waals surface area (Å²) >= 11 is 9.78. The third-order valence-electron chi connectivity index (χ3n) is 4.22. The van der Waals surface area contributed by atoms with Crippen LogP contribution in [0.25, 0.3) is 11.3 Å². The van der Waals surface area contributed by atoms with Gasteiger partial charge in [-0.25, -0.2) is 4.68 Å². The minimum Gasteiger partial charge on any atom is -0.360 e. The molecule has 1 aromatic carbocycles. The highest BCUT2D eigenvalue weighted by Gasteiger charge is 2.32. The third-order valence-corrected chi connectivity index (χ3v) is 6.96. The Hall–Kier alpha value is -0.623. The SMILES string of the molecule is C[Si](C)(C)CCOCn1nc(-c2ccc(Cl)cc2)c(Br)c1C1CC1. The summed E-state index contributed by atoms with van der Waals surface area (Å²) in [5, 5.41) is 5.56. The molecule has 1 fully saturated rings. The number of aromatic nitrogens is 2. The van der Waals surface area contributed by atoms with Crippen molar-refractivity contribution < 1.29 is 4.74 Å². The number of hydrogen-bond acceptors (Lipinski definition) is 2. The van der Waals surface area contributed by atoms with Crippen LogP contribution in [0.2, 0.25) is 30.7 Å². The molecule has 3 nitrogen and oxygen atoms in total. The lowest BCUT2D eigenvalue weighted by Crippen LogP contribution is -2.22. The van der Waals surface area contributed by atoms with E-state index in [0.717, 1.165) is 27.4 Å². The molecular formula is C18H24BrClN2OSi. The molecule has 0 radical (unpaired) electrons. The maximum absolute atomic E-state index is 6.00. The van der Waals surface area contributed by atoms with Crippen molar-refractivity contribution in [3.05, 3.63) is 39.5 Å². The normalized spacial score (nSPS) is 15.0. The van der Waals surface area contributed by atoms with Crippen molar-refractivity contribution in [1.29, 1.82) is 0 Å². The van der Waals surface area contributed by atoms with E-state index in [4.69, 9.17) is 21.4 Å². The van der Waals surface area contributed by atoms with Crippen molar-refractivity contribution in [3.8, 4) is 11.3 Å². The third kappa shape index (κ3) is 4.51. The van der Waals surface area contributed by atoms with Gasteiger partial charge in [0.1, 0.15) is 12.4 Å². The topological polar surface area (TPSA) is 27.1 Å². The van der Waals surface area contributed by atoms with Crippen LogP contribution in [0.3, 0.4) is 0 Å². The van der Waals surface area contributed by atoms with E-state index in [9.17, 15) is 0 Å². The zero-order chi connectivity index (χ0) is 17.3. The molecule has 3 rings (SSSR count). The van der Waals surface area contributed by atoms with Gasteiger partial charge >= 0.3 is 0 Å². The molecule has 0 amide bonds. The van der Waals surface area contributed by atoms with Gasteiger partial charge in [0.25, 0.3) is 0 Å². The highest BCUT2D eigenvalue weighted by atomic mass is 79.9. The van der Waals surface area contributed by atoms with Gasteiger partial charge in [0, 0.05) is 31.2 Å². The van der Waals surface area contributed by atoms with Crippen LogP contribution < -0.4 is 0 Å². The Labute approximate surface area is 158 Å². The molecule has 1 aliphatic carbocycles. The Kier molecular flexibility index (Phi) is 5.54. The molecule has 6 heteroatoms. The molecule has 0 aliphatic heterocycles. The Morgan fingerprint density at radius 2 is 1.92 bits per heavy atom. The van der Waals surface area contributed by atoms with E-state index in [2.05, 4.69) is 35.6 Å². The van der Waals surface area contributed by atoms with Crippen molar-refractivity contribution in [2.24, 2.45) is 0 Å². The Morgan fingerprint density at radius 1 is 1.25 bits per heavy atom. The molecule has 24 heavy (non-hydrogen) atoms. The largest absolute Gasteiger partial charge is 0.360 e. The van der Waals surface area contributed by atoms with E-state index in [1.807, 2.05) is 28.9 Å². The van der Waals surface area contributed by atoms with Crippen LogP contribution in [-0.2, 0) is 11.5 Å². The number of hydrogen-bond donors (Lipinski definition) is 0. The van der Waals surface area contributed by atoms with Gasteiger partial charge < -0.3 is 4.74 Å². The average molecular weight is 428 g/mol. The second-order valence-corrected chi connectivity index (χ2v) is 14.5. The van der Waals surface area contributed by atoms with Crippen LogP contribution in [0.5, 0.6) is 0 Å². The molecule has 1 aliphatic rings. The summed E-state index contributed by atoms with van der Waals surface area (Å²) in [6.07, 6.45) is 2.47. The highest BCUT2D eigenvalue weighted by molar-refractivity contribution is 9.10. The second-order valence-electron chi connectivity index (χ2n) is 7.68. The van der Waals surface area contributed by atoms with Crippen LogP contribution in [0.15, 0.2) is 28.7 Å². The van der Waals surface area contributed by atoms with Crippen LogP contribution in [0, 0.1) is 0 Å². The second kappa shape index (κ2) is 7.32. The molecule has 0 saturated heterocycles. The van der Waals surface area contributed by atoms with Crippen molar-refractivity contribution in [1.82, 2.24) is 9.78 Å². The van der Waals surface area contributed by atoms with Gasteiger partial charge in [-0.2, -0.15) is 5.10 Å². The Morgan fingerprint density at radius 3 is 2.50 bits per heavy atom. The first-order valence-electron chi connectivity index (χ1n) is 8.45. The van der Waals surface area contributed by atoms with Crippen molar-refractivity contribution in [2.75, 3.05) is 6.61 Å². The molecule has 2 aromatic rings. The minimum absolute atomic E-state index is 0.530. The molecule has 0 spiro atoms. The standard InChI is InChI=1S/C18H24BrClN2OSi/c1-24(2,3)11-10-23-12-22-18(14-4-5-14)16(19)17(21-22)13-6-8-15(20)9-7-13/h6-9,14H,4-5,10-12H2,1-3H3. The first-order chi connectivity index (χ1) is 11.3. The summed E-state index contributed by atoms with van der Waals surface area (Å²) in [4.78, 5) is 0. The molecular weight excluding hydrogens is 404 g/mol. The molecule has 1 saturated carbocycles. The molecule has 0 unspecified atom stereocenters. The lowest BCUT2D eigenvalue weighted by Gasteiger charge is -2.15. The van der Waals surface area contributed by atoms with Crippen LogP contribution in [-0.4, -0.2) is 24.5 Å². The van der Waals surface area contributed by atoms with Crippen molar-refractivity contribution >= 4 is 35.6 Å². The predicted octanol–water partition coefficient (Wildman–Crippen LogP) is 6.16. The van der Waals surface area contributed by atoms with E-state index < -0.39 is 8.07 Å². The number of benzene rings is 1. The van der Waals surface area contributed by atoms with Crippen molar-refractivity contribution in [2.45, 2.75) is 51.2 Å². The van der Waals surface area contributed by atoms with Gasteiger partial charge in [-0.05, 0) is 46.9 Å². The maximum atomic E-state index is 6.00. The van der Waals surface area contributed by atoms with Crippen LogP contribution in [0.4, 0.5) is 0 Å². The number of halogens is 2. The summed E-state index contributed by atoms with van der Waals surface area (Å²) in [5.74, 6) is 0.605. The fraction of sp³-hybridized carbons (Fsp3) is 0.500. The van der Waals surface area contributed by atoms with Gasteiger partial charge in [0.05, 0.1) is 10.2 Å². The molecule has 0 N–H and O–H groups in total. The molecule has 1 aromatic heterocycles. The fourth-order valence-corrected chi connectivity index (χ4v) is 4.34. The first-order valence-corrected chi connectivity index (χ1v) is 13.3. The molecule has 1 heterocycles. The van der Waals surface area contributed by atoms with E-state index in [1.54, 1.807) is 0 Å². The van der Waals surface area contributed by atoms with Gasteiger partial charge in [-0.15, -0.1) is 0 Å².